The standard InChI is InChI=1S/C13H17NO/c1-10-4-2-3-5-13(10)14-11-6-8-12(15)9-7-11/h6-10,15H,2-5H2,1H3. The zero-order valence-corrected chi connectivity index (χ0v) is 9.11. The molecule has 0 spiro atoms. The van der Waals surface area contributed by atoms with Crippen molar-refractivity contribution in [2.45, 2.75) is 32.6 Å². The van der Waals surface area contributed by atoms with E-state index in [1.807, 2.05) is 12.1 Å². The lowest BCUT2D eigenvalue weighted by molar-refractivity contribution is 0.475. The Balaban J connectivity index is 2.17. The monoisotopic (exact) mass is 203 g/mol. The van der Waals surface area contributed by atoms with Crippen molar-refractivity contribution in [2.24, 2.45) is 10.9 Å². The van der Waals surface area contributed by atoms with Gasteiger partial charge in [0, 0.05) is 5.71 Å². The van der Waals surface area contributed by atoms with Gasteiger partial charge in [-0.25, -0.2) is 0 Å². The van der Waals surface area contributed by atoms with Crippen molar-refractivity contribution in [1.82, 2.24) is 0 Å². The van der Waals surface area contributed by atoms with E-state index in [1.54, 1.807) is 12.1 Å². The number of aromatic hydroxyl groups is 1. The average molecular weight is 203 g/mol. The first-order valence-corrected chi connectivity index (χ1v) is 5.62. The van der Waals surface area contributed by atoms with Crippen LogP contribution < -0.4 is 0 Å². The first kappa shape index (κ1) is 10.2. The smallest absolute Gasteiger partial charge is 0.115 e. The molecule has 0 bridgehead atoms. The molecule has 2 rings (SSSR count). The van der Waals surface area contributed by atoms with Crippen LogP contribution in [0.25, 0.3) is 0 Å². The zero-order valence-electron chi connectivity index (χ0n) is 9.11. The Morgan fingerprint density at radius 3 is 2.60 bits per heavy atom. The number of hydrogen-bond donors (Lipinski definition) is 1. The van der Waals surface area contributed by atoms with Crippen LogP contribution in [0.4, 0.5) is 5.69 Å². The fraction of sp³-hybridized carbons (Fsp3) is 0.462. The molecule has 1 atom stereocenters. The van der Waals surface area contributed by atoms with Gasteiger partial charge >= 0.3 is 0 Å². The maximum absolute atomic E-state index is 9.17. The third-order valence-electron chi connectivity index (χ3n) is 3.01. The molecule has 1 aliphatic carbocycles. The summed E-state index contributed by atoms with van der Waals surface area (Å²) in [4.78, 5) is 4.65. The first-order valence-electron chi connectivity index (χ1n) is 5.62. The molecule has 1 N–H and O–H groups in total. The summed E-state index contributed by atoms with van der Waals surface area (Å²) in [5, 5.41) is 9.17. The molecule has 15 heavy (non-hydrogen) atoms. The highest BCUT2D eigenvalue weighted by Gasteiger charge is 2.15. The third kappa shape index (κ3) is 2.58. The second kappa shape index (κ2) is 4.47. The molecular weight excluding hydrogens is 186 g/mol. The van der Waals surface area contributed by atoms with Gasteiger partial charge in [0.25, 0.3) is 0 Å². The number of hydrogen-bond acceptors (Lipinski definition) is 2. The molecule has 0 aromatic heterocycles. The lowest BCUT2D eigenvalue weighted by Gasteiger charge is -2.20. The SMILES string of the molecule is CC1CCCCC1=Nc1ccc(O)cc1. The van der Waals surface area contributed by atoms with Crippen molar-refractivity contribution in [1.29, 1.82) is 0 Å². The van der Waals surface area contributed by atoms with Gasteiger partial charge in [0.15, 0.2) is 0 Å². The van der Waals surface area contributed by atoms with E-state index in [9.17, 15) is 0 Å². The highest BCUT2D eigenvalue weighted by Crippen LogP contribution is 2.25. The predicted molar refractivity (Wildman–Crippen MR) is 62.8 cm³/mol. The van der Waals surface area contributed by atoms with Gasteiger partial charge in [0.1, 0.15) is 5.75 Å². The lowest BCUT2D eigenvalue weighted by Crippen LogP contribution is -2.15. The Labute approximate surface area is 90.7 Å². The fourth-order valence-corrected chi connectivity index (χ4v) is 2.03. The zero-order chi connectivity index (χ0) is 10.7. The first-order chi connectivity index (χ1) is 7.25. The highest BCUT2D eigenvalue weighted by molar-refractivity contribution is 5.89. The Hall–Kier alpha value is -1.31. The van der Waals surface area contributed by atoms with Crippen molar-refractivity contribution in [3.63, 3.8) is 0 Å². The van der Waals surface area contributed by atoms with Crippen LogP contribution >= 0.6 is 0 Å². The molecule has 1 saturated carbocycles. The van der Waals surface area contributed by atoms with E-state index < -0.39 is 0 Å². The van der Waals surface area contributed by atoms with Crippen LogP contribution in [-0.4, -0.2) is 10.8 Å². The largest absolute Gasteiger partial charge is 0.508 e. The van der Waals surface area contributed by atoms with Crippen LogP contribution in [-0.2, 0) is 0 Å². The van der Waals surface area contributed by atoms with Crippen LogP contribution in [0.3, 0.4) is 0 Å². The van der Waals surface area contributed by atoms with Gasteiger partial charge in [0.2, 0.25) is 0 Å². The molecule has 0 saturated heterocycles. The Morgan fingerprint density at radius 1 is 1.20 bits per heavy atom. The summed E-state index contributed by atoms with van der Waals surface area (Å²) in [6.45, 7) is 2.25. The second-order valence-electron chi connectivity index (χ2n) is 4.27. The second-order valence-corrected chi connectivity index (χ2v) is 4.27. The summed E-state index contributed by atoms with van der Waals surface area (Å²) in [6, 6.07) is 7.10. The van der Waals surface area contributed by atoms with E-state index in [0.717, 1.165) is 12.1 Å². The van der Waals surface area contributed by atoms with Gasteiger partial charge < -0.3 is 5.11 Å². The van der Waals surface area contributed by atoms with E-state index in [1.165, 1.54) is 25.0 Å². The van der Waals surface area contributed by atoms with Crippen LogP contribution in [0.1, 0.15) is 32.6 Å². The minimum absolute atomic E-state index is 0.302. The molecule has 1 aliphatic rings. The van der Waals surface area contributed by atoms with Gasteiger partial charge in [-0.2, -0.15) is 0 Å². The molecule has 1 fully saturated rings. The molecule has 2 heteroatoms. The normalized spacial score (nSPS) is 24.3. The lowest BCUT2D eigenvalue weighted by atomic mass is 9.89. The van der Waals surface area contributed by atoms with Crippen molar-refractivity contribution < 1.29 is 5.11 Å². The van der Waals surface area contributed by atoms with E-state index in [0.29, 0.717) is 11.7 Å². The van der Waals surface area contributed by atoms with E-state index >= 15 is 0 Å². The number of benzene rings is 1. The molecule has 0 heterocycles. The van der Waals surface area contributed by atoms with Crippen LogP contribution in [0.15, 0.2) is 29.3 Å². The van der Waals surface area contributed by atoms with Crippen molar-refractivity contribution in [3.8, 4) is 5.75 Å². The highest BCUT2D eigenvalue weighted by atomic mass is 16.3. The van der Waals surface area contributed by atoms with Gasteiger partial charge in [-0.1, -0.05) is 13.3 Å². The summed E-state index contributed by atoms with van der Waals surface area (Å²) in [7, 11) is 0. The average Bonchev–Trinajstić information content (AvgIpc) is 2.25. The number of nitrogens with zero attached hydrogens (tertiary/aromatic N) is 1. The summed E-state index contributed by atoms with van der Waals surface area (Å²) in [5.41, 5.74) is 2.27. The van der Waals surface area contributed by atoms with E-state index in [-0.39, 0.29) is 0 Å². The number of aliphatic imine (C=N–C) groups is 1. The number of rotatable bonds is 1. The minimum atomic E-state index is 0.302. The summed E-state index contributed by atoms with van der Waals surface area (Å²) in [6.07, 6.45) is 4.98. The molecule has 1 aromatic rings. The van der Waals surface area contributed by atoms with Crippen LogP contribution in [0, 0.1) is 5.92 Å². The molecular formula is C13H17NO. The minimum Gasteiger partial charge on any atom is -0.508 e. The van der Waals surface area contributed by atoms with E-state index in [4.69, 9.17) is 5.11 Å². The van der Waals surface area contributed by atoms with Gasteiger partial charge in [-0.15, -0.1) is 0 Å². The van der Waals surface area contributed by atoms with Gasteiger partial charge in [-0.3, -0.25) is 4.99 Å². The molecule has 0 radical (unpaired) electrons. The Kier molecular flexibility index (Phi) is 3.05. The van der Waals surface area contributed by atoms with Crippen LogP contribution in [0.2, 0.25) is 0 Å². The fourth-order valence-electron chi connectivity index (χ4n) is 2.03. The van der Waals surface area contributed by atoms with Crippen molar-refractivity contribution in [3.05, 3.63) is 24.3 Å². The maximum Gasteiger partial charge on any atom is 0.115 e. The van der Waals surface area contributed by atoms with Crippen molar-refractivity contribution in [2.75, 3.05) is 0 Å². The Bertz CT molecular complexity index is 353. The predicted octanol–water partition coefficient (Wildman–Crippen LogP) is 3.67. The number of phenolic OH excluding ortho intramolecular Hbond substituents is 1. The molecule has 1 unspecified atom stereocenters. The third-order valence-corrected chi connectivity index (χ3v) is 3.01. The molecule has 2 nitrogen and oxygen atoms in total. The molecule has 0 aliphatic heterocycles. The quantitative estimate of drug-likeness (QED) is 0.742. The molecule has 0 amide bonds. The van der Waals surface area contributed by atoms with Crippen LogP contribution in [0.5, 0.6) is 5.75 Å². The van der Waals surface area contributed by atoms with E-state index in [2.05, 4.69) is 11.9 Å². The summed E-state index contributed by atoms with van der Waals surface area (Å²) < 4.78 is 0. The van der Waals surface area contributed by atoms with Crippen molar-refractivity contribution >= 4 is 11.4 Å². The van der Waals surface area contributed by atoms with Gasteiger partial charge in [-0.05, 0) is 49.4 Å². The maximum atomic E-state index is 9.17. The topological polar surface area (TPSA) is 32.6 Å². The Morgan fingerprint density at radius 2 is 1.93 bits per heavy atom. The summed E-state index contributed by atoms with van der Waals surface area (Å²) >= 11 is 0. The summed E-state index contributed by atoms with van der Waals surface area (Å²) in [5.74, 6) is 0.920. The number of phenols is 1. The molecule has 1 aromatic carbocycles. The molecule has 80 valence electrons. The van der Waals surface area contributed by atoms with Gasteiger partial charge in [0.05, 0.1) is 5.69 Å².